The fourth-order valence-electron chi connectivity index (χ4n) is 5.31. The monoisotopic (exact) mass is 684 g/mol. The largest absolute Gasteiger partial charge is 0.497 e. The summed E-state index contributed by atoms with van der Waals surface area (Å²) in [7, 11) is 3.22. The molecule has 48 heavy (non-hydrogen) atoms. The lowest BCUT2D eigenvalue weighted by atomic mass is 10.1. The molecule has 2 aromatic carbocycles. The molecule has 1 unspecified atom stereocenters. The summed E-state index contributed by atoms with van der Waals surface area (Å²) >= 11 is 5.93. The number of halogens is 5. The van der Waals surface area contributed by atoms with E-state index in [9.17, 15) is 13.2 Å². The lowest BCUT2D eigenvalue weighted by Crippen LogP contribution is -2.31. The first kappa shape index (κ1) is 34.4. The van der Waals surface area contributed by atoms with Gasteiger partial charge in [0, 0.05) is 37.6 Å². The van der Waals surface area contributed by atoms with E-state index >= 15 is 4.39 Å². The average Bonchev–Trinajstić information content (AvgIpc) is 3.09. The smallest absolute Gasteiger partial charge is 0.422 e. The standard InChI is InChI=1S/C34H33ClF4N6O3/c1-5-45(32-27-17-41-30(35)28(36)29(27)42-33(43-32)48-20-34(37,38)39)21(2)26-7-6-16-40-31(26)44(18-22-8-12-24(46-3)13-9-22)19-23-10-14-25(47-4)15-11-23/h6-17,21H,5,18-20H2,1-4H3. The molecule has 0 saturated carbocycles. The van der Waals surface area contributed by atoms with Crippen LogP contribution in [0.3, 0.4) is 0 Å². The molecule has 0 amide bonds. The van der Waals surface area contributed by atoms with Gasteiger partial charge in [0.1, 0.15) is 28.7 Å². The third kappa shape index (κ3) is 7.96. The maximum Gasteiger partial charge on any atom is 0.422 e. The molecule has 0 bridgehead atoms. The normalized spacial score (nSPS) is 12.1. The van der Waals surface area contributed by atoms with Gasteiger partial charge in [-0.1, -0.05) is 41.9 Å². The van der Waals surface area contributed by atoms with Crippen molar-refractivity contribution in [1.29, 1.82) is 0 Å². The summed E-state index contributed by atoms with van der Waals surface area (Å²) < 4.78 is 69.9. The summed E-state index contributed by atoms with van der Waals surface area (Å²) in [5.74, 6) is 1.25. The zero-order valence-corrected chi connectivity index (χ0v) is 27.4. The lowest BCUT2D eigenvalue weighted by Gasteiger charge is -2.34. The topological polar surface area (TPSA) is 85.7 Å². The predicted molar refractivity (Wildman–Crippen MR) is 175 cm³/mol. The number of methoxy groups -OCH3 is 2. The Labute approximate surface area is 280 Å². The van der Waals surface area contributed by atoms with Crippen LogP contribution in [-0.4, -0.2) is 53.5 Å². The molecular formula is C34H33ClF4N6O3. The van der Waals surface area contributed by atoms with Gasteiger partial charge < -0.3 is 24.0 Å². The van der Waals surface area contributed by atoms with E-state index < -0.39 is 35.8 Å². The number of aromatic nitrogens is 4. The Morgan fingerprint density at radius 1 is 0.854 bits per heavy atom. The highest BCUT2D eigenvalue weighted by Crippen LogP contribution is 2.37. The quantitative estimate of drug-likeness (QED) is 0.0906. The van der Waals surface area contributed by atoms with E-state index in [1.165, 1.54) is 6.20 Å². The summed E-state index contributed by atoms with van der Waals surface area (Å²) in [6.45, 7) is 3.40. The summed E-state index contributed by atoms with van der Waals surface area (Å²) in [6.07, 6.45) is -1.67. The number of alkyl halides is 3. The third-order valence-corrected chi connectivity index (χ3v) is 7.94. The molecule has 1 atom stereocenters. The Morgan fingerprint density at radius 3 is 2.00 bits per heavy atom. The molecular weight excluding hydrogens is 652 g/mol. The van der Waals surface area contributed by atoms with Gasteiger partial charge in [-0.05, 0) is 55.3 Å². The Morgan fingerprint density at radius 2 is 1.46 bits per heavy atom. The third-order valence-electron chi connectivity index (χ3n) is 7.68. The van der Waals surface area contributed by atoms with Crippen molar-refractivity contribution < 1.29 is 31.8 Å². The molecule has 3 aromatic heterocycles. The summed E-state index contributed by atoms with van der Waals surface area (Å²) in [5.41, 5.74) is 2.49. The zero-order valence-electron chi connectivity index (χ0n) is 26.6. The van der Waals surface area contributed by atoms with Gasteiger partial charge in [-0.25, -0.2) is 14.4 Å². The van der Waals surface area contributed by atoms with Crippen LogP contribution < -0.4 is 24.0 Å². The average molecular weight is 685 g/mol. The van der Waals surface area contributed by atoms with Gasteiger partial charge in [0.05, 0.1) is 25.6 Å². The van der Waals surface area contributed by atoms with Crippen molar-refractivity contribution in [3.8, 4) is 17.5 Å². The minimum absolute atomic E-state index is 0.127. The van der Waals surface area contributed by atoms with Crippen molar-refractivity contribution >= 4 is 34.1 Å². The Kier molecular flexibility index (Phi) is 10.7. The van der Waals surface area contributed by atoms with Gasteiger partial charge in [-0.2, -0.15) is 23.1 Å². The predicted octanol–water partition coefficient (Wildman–Crippen LogP) is 7.96. The van der Waals surface area contributed by atoms with Gasteiger partial charge in [0.2, 0.25) is 0 Å². The minimum atomic E-state index is -4.66. The molecule has 0 spiro atoms. The van der Waals surface area contributed by atoms with Gasteiger partial charge >= 0.3 is 12.2 Å². The van der Waals surface area contributed by atoms with Crippen molar-refractivity contribution in [2.45, 2.75) is 39.2 Å². The first-order valence-electron chi connectivity index (χ1n) is 14.9. The van der Waals surface area contributed by atoms with E-state index in [0.717, 1.165) is 28.2 Å². The molecule has 0 aliphatic rings. The number of hydrogen-bond acceptors (Lipinski definition) is 9. The van der Waals surface area contributed by atoms with Crippen LogP contribution in [0.5, 0.6) is 17.5 Å². The van der Waals surface area contributed by atoms with Crippen molar-refractivity contribution in [2.75, 3.05) is 37.2 Å². The van der Waals surface area contributed by atoms with Gasteiger partial charge in [0.15, 0.2) is 17.6 Å². The van der Waals surface area contributed by atoms with E-state index in [1.807, 2.05) is 68.4 Å². The van der Waals surface area contributed by atoms with Crippen LogP contribution in [0.25, 0.3) is 10.9 Å². The molecule has 5 rings (SSSR count). The minimum Gasteiger partial charge on any atom is -0.497 e. The molecule has 5 aromatic rings. The van der Waals surface area contributed by atoms with Crippen molar-refractivity contribution in [2.24, 2.45) is 0 Å². The van der Waals surface area contributed by atoms with E-state index in [1.54, 1.807) is 31.4 Å². The SMILES string of the molecule is CCN(c1nc(OCC(F)(F)F)nc2c(F)c(Cl)ncc12)C(C)c1cccnc1N(Cc1ccc(OC)cc1)Cc1ccc(OC)cc1. The Balaban J connectivity index is 1.58. The lowest BCUT2D eigenvalue weighted by molar-refractivity contribution is -0.154. The van der Waals surface area contributed by atoms with Crippen LogP contribution >= 0.6 is 11.6 Å². The molecule has 0 fully saturated rings. The van der Waals surface area contributed by atoms with E-state index in [-0.39, 0.29) is 16.7 Å². The van der Waals surface area contributed by atoms with Gasteiger partial charge in [0.25, 0.3) is 0 Å². The van der Waals surface area contributed by atoms with E-state index in [0.29, 0.717) is 25.5 Å². The zero-order chi connectivity index (χ0) is 34.4. The van der Waals surface area contributed by atoms with Crippen LogP contribution in [0.15, 0.2) is 73.1 Å². The molecule has 0 aliphatic heterocycles. The molecule has 3 heterocycles. The first-order chi connectivity index (χ1) is 23.0. The molecule has 9 nitrogen and oxygen atoms in total. The molecule has 0 saturated heterocycles. The van der Waals surface area contributed by atoms with Crippen LogP contribution in [0, 0.1) is 5.82 Å². The Hall–Kier alpha value is -4.91. The van der Waals surface area contributed by atoms with Gasteiger partial charge in [-0.3, -0.25) is 0 Å². The first-order valence-corrected chi connectivity index (χ1v) is 15.3. The Bertz CT molecular complexity index is 1800. The van der Waals surface area contributed by atoms with Crippen LogP contribution in [-0.2, 0) is 13.1 Å². The highest BCUT2D eigenvalue weighted by molar-refractivity contribution is 6.30. The van der Waals surface area contributed by atoms with Crippen LogP contribution in [0.4, 0.5) is 29.2 Å². The fourth-order valence-corrected chi connectivity index (χ4v) is 5.45. The maximum absolute atomic E-state index is 15.2. The van der Waals surface area contributed by atoms with E-state index in [2.05, 4.69) is 19.9 Å². The second-order valence-electron chi connectivity index (χ2n) is 10.8. The second kappa shape index (κ2) is 14.9. The summed E-state index contributed by atoms with van der Waals surface area (Å²) in [6, 6.07) is 18.1. The number of nitrogens with zero attached hydrogens (tertiary/aromatic N) is 6. The van der Waals surface area contributed by atoms with Crippen molar-refractivity contribution in [3.63, 3.8) is 0 Å². The number of hydrogen-bond donors (Lipinski definition) is 0. The van der Waals surface area contributed by atoms with Crippen LogP contribution in [0.1, 0.15) is 36.6 Å². The summed E-state index contributed by atoms with van der Waals surface area (Å²) in [5, 5.41) is -0.323. The molecule has 252 valence electrons. The fraction of sp³-hybridized carbons (Fsp3) is 0.294. The molecule has 0 aliphatic carbocycles. The highest BCUT2D eigenvalue weighted by Gasteiger charge is 2.31. The highest BCUT2D eigenvalue weighted by atomic mass is 35.5. The van der Waals surface area contributed by atoms with Crippen LogP contribution in [0.2, 0.25) is 5.15 Å². The van der Waals surface area contributed by atoms with Crippen molar-refractivity contribution in [1.82, 2.24) is 19.9 Å². The number of anilines is 2. The molecule has 0 radical (unpaired) electrons. The summed E-state index contributed by atoms with van der Waals surface area (Å²) in [4.78, 5) is 20.9. The number of pyridine rings is 2. The van der Waals surface area contributed by atoms with Gasteiger partial charge in [-0.15, -0.1) is 0 Å². The number of ether oxygens (including phenoxy) is 3. The molecule has 14 heteroatoms. The number of rotatable bonds is 13. The molecule has 0 N–H and O–H groups in total. The second-order valence-corrected chi connectivity index (χ2v) is 11.1. The van der Waals surface area contributed by atoms with Crippen molar-refractivity contribution in [3.05, 3.63) is 101 Å². The maximum atomic E-state index is 15.2. The number of fused-ring (bicyclic) bond motifs is 1. The van der Waals surface area contributed by atoms with E-state index in [4.69, 9.17) is 30.8 Å². The number of benzene rings is 2.